The summed E-state index contributed by atoms with van der Waals surface area (Å²) in [4.78, 5) is 46.6. The lowest BCUT2D eigenvalue weighted by Crippen LogP contribution is -2.57. The molecule has 10 heteroatoms. The summed E-state index contributed by atoms with van der Waals surface area (Å²) in [6, 6.07) is 6.35. The number of nitrogens with one attached hydrogen (secondary N) is 2. The molecule has 0 aliphatic carbocycles. The molecular formula is C31H47N5O4S. The zero-order valence-corrected chi connectivity index (χ0v) is 25.8. The minimum absolute atomic E-state index is 0.0606. The largest absolute Gasteiger partial charge is 0.391 e. The molecule has 0 spiro atoms. The van der Waals surface area contributed by atoms with Gasteiger partial charge in [0.1, 0.15) is 12.1 Å². The molecule has 1 fully saturated rings. The quantitative estimate of drug-likeness (QED) is 0.248. The Hall–Kier alpha value is -2.82. The number of aromatic nitrogens is 1. The average molecular weight is 586 g/mol. The van der Waals surface area contributed by atoms with E-state index in [0.29, 0.717) is 19.5 Å². The number of nitrogens with zero attached hydrogens (tertiary/aromatic N) is 2. The second-order valence-electron chi connectivity index (χ2n) is 12.1. The first kappa shape index (κ1) is 32.7. The van der Waals surface area contributed by atoms with E-state index in [0.717, 1.165) is 60.2 Å². The van der Waals surface area contributed by atoms with Gasteiger partial charge in [-0.15, -0.1) is 11.3 Å². The molecule has 2 heterocycles. The predicted octanol–water partition coefficient (Wildman–Crippen LogP) is 3.92. The van der Waals surface area contributed by atoms with Crippen molar-refractivity contribution in [2.24, 2.45) is 11.1 Å². The average Bonchev–Trinajstić information content (AvgIpc) is 3.54. The molecule has 5 N–H and O–H groups in total. The van der Waals surface area contributed by atoms with E-state index < -0.39 is 23.6 Å². The van der Waals surface area contributed by atoms with E-state index in [9.17, 15) is 19.5 Å². The van der Waals surface area contributed by atoms with Gasteiger partial charge in [-0.2, -0.15) is 0 Å². The van der Waals surface area contributed by atoms with Crippen LogP contribution >= 0.6 is 11.3 Å². The zero-order chi connectivity index (χ0) is 30.0. The molecule has 1 saturated heterocycles. The number of carbonyl (C=O) groups is 3. The Morgan fingerprint density at radius 1 is 1.10 bits per heavy atom. The molecule has 9 nitrogen and oxygen atoms in total. The van der Waals surface area contributed by atoms with Crippen LogP contribution in [0, 0.1) is 12.3 Å². The van der Waals surface area contributed by atoms with Crippen LogP contribution in [-0.2, 0) is 20.9 Å². The van der Waals surface area contributed by atoms with Crippen molar-refractivity contribution in [2.45, 2.75) is 104 Å². The molecule has 1 aliphatic heterocycles. The summed E-state index contributed by atoms with van der Waals surface area (Å²) >= 11 is 1.59. The van der Waals surface area contributed by atoms with Gasteiger partial charge in [0, 0.05) is 25.9 Å². The molecule has 2 aromatic rings. The molecule has 1 aromatic heterocycles. The van der Waals surface area contributed by atoms with E-state index in [-0.39, 0.29) is 30.7 Å². The summed E-state index contributed by atoms with van der Waals surface area (Å²) in [6.07, 6.45) is 5.75. The molecule has 3 atom stereocenters. The number of β-amino-alcohol motifs (C(OH)–C–C–N with tert-alkyl or cyclic N) is 1. The first-order valence-electron chi connectivity index (χ1n) is 14.8. The Morgan fingerprint density at radius 2 is 1.76 bits per heavy atom. The van der Waals surface area contributed by atoms with Gasteiger partial charge in [-0.25, -0.2) is 4.98 Å². The van der Waals surface area contributed by atoms with Gasteiger partial charge in [0.15, 0.2) is 0 Å². The van der Waals surface area contributed by atoms with Crippen molar-refractivity contribution in [3.8, 4) is 10.4 Å². The third-order valence-electron chi connectivity index (χ3n) is 7.57. The lowest BCUT2D eigenvalue weighted by Gasteiger charge is -2.35. The zero-order valence-electron chi connectivity index (χ0n) is 24.9. The first-order valence-corrected chi connectivity index (χ1v) is 15.6. The molecule has 3 rings (SSSR count). The van der Waals surface area contributed by atoms with Gasteiger partial charge in [0.2, 0.25) is 17.7 Å². The summed E-state index contributed by atoms with van der Waals surface area (Å²) in [5, 5.41) is 16.3. The Morgan fingerprint density at radius 3 is 2.37 bits per heavy atom. The minimum atomic E-state index is -0.803. The number of nitrogens with two attached hydrogens (primary N) is 1. The summed E-state index contributed by atoms with van der Waals surface area (Å²) in [7, 11) is 0. The first-order chi connectivity index (χ1) is 19.5. The molecule has 1 aromatic carbocycles. The summed E-state index contributed by atoms with van der Waals surface area (Å²) in [5.74, 6) is -0.822. The van der Waals surface area contributed by atoms with Crippen LogP contribution in [0.1, 0.15) is 83.4 Å². The number of hydrogen-bond donors (Lipinski definition) is 4. The third-order valence-corrected chi connectivity index (χ3v) is 8.55. The molecular weight excluding hydrogens is 538 g/mol. The fourth-order valence-electron chi connectivity index (χ4n) is 5.15. The second-order valence-corrected chi connectivity index (χ2v) is 13.0. The van der Waals surface area contributed by atoms with Crippen molar-refractivity contribution in [3.63, 3.8) is 0 Å². The number of likely N-dealkylation sites (tertiary alicyclic amines) is 1. The van der Waals surface area contributed by atoms with Crippen LogP contribution in [0.5, 0.6) is 0 Å². The number of hydrogen-bond acceptors (Lipinski definition) is 7. The number of aryl methyl sites for hydroxylation is 1. The van der Waals surface area contributed by atoms with E-state index in [1.54, 1.807) is 11.3 Å². The molecule has 0 saturated carbocycles. The van der Waals surface area contributed by atoms with Crippen molar-refractivity contribution in [2.75, 3.05) is 13.1 Å². The van der Waals surface area contributed by atoms with Crippen molar-refractivity contribution in [1.29, 1.82) is 0 Å². The van der Waals surface area contributed by atoms with Crippen LogP contribution < -0.4 is 16.4 Å². The summed E-state index contributed by atoms with van der Waals surface area (Å²) < 4.78 is 0. The van der Waals surface area contributed by atoms with Crippen LogP contribution in [-0.4, -0.2) is 64.0 Å². The second kappa shape index (κ2) is 15.4. The van der Waals surface area contributed by atoms with E-state index in [1.807, 2.05) is 57.5 Å². The fourth-order valence-corrected chi connectivity index (χ4v) is 5.96. The fraction of sp³-hybridized carbons (Fsp3) is 0.613. The van der Waals surface area contributed by atoms with Gasteiger partial charge in [0.25, 0.3) is 0 Å². The number of aliphatic hydroxyl groups is 1. The minimum Gasteiger partial charge on any atom is -0.391 e. The van der Waals surface area contributed by atoms with Gasteiger partial charge >= 0.3 is 0 Å². The van der Waals surface area contributed by atoms with Crippen molar-refractivity contribution in [1.82, 2.24) is 20.5 Å². The van der Waals surface area contributed by atoms with Crippen molar-refractivity contribution >= 4 is 29.1 Å². The highest BCUT2D eigenvalue weighted by atomic mass is 32.1. The van der Waals surface area contributed by atoms with Crippen LogP contribution in [0.25, 0.3) is 10.4 Å². The van der Waals surface area contributed by atoms with Gasteiger partial charge in [0.05, 0.1) is 22.2 Å². The van der Waals surface area contributed by atoms with E-state index in [1.165, 1.54) is 4.90 Å². The Labute approximate surface area is 248 Å². The highest BCUT2D eigenvalue weighted by Crippen LogP contribution is 2.28. The van der Waals surface area contributed by atoms with Crippen LogP contribution in [0.2, 0.25) is 0 Å². The molecule has 226 valence electrons. The SMILES string of the molecule is Cc1ncsc1-c1ccc(CNC(=O)[C@@H]2C[C@@H](O)CN2C(=O)[C@@H](NC(=O)CCCCCCCCN)C(C)(C)C)cc1. The molecule has 41 heavy (non-hydrogen) atoms. The number of thiazole rings is 1. The Bertz CT molecular complexity index is 1140. The predicted molar refractivity (Wildman–Crippen MR) is 163 cm³/mol. The van der Waals surface area contributed by atoms with Gasteiger partial charge in [-0.05, 0) is 42.9 Å². The van der Waals surface area contributed by atoms with E-state index in [2.05, 4.69) is 15.6 Å². The maximum absolute atomic E-state index is 13.7. The number of amides is 3. The smallest absolute Gasteiger partial charge is 0.246 e. The highest BCUT2D eigenvalue weighted by Gasteiger charge is 2.44. The number of unbranched alkanes of at least 4 members (excludes halogenated alkanes) is 5. The maximum Gasteiger partial charge on any atom is 0.246 e. The maximum atomic E-state index is 13.7. The Kier molecular flexibility index (Phi) is 12.3. The Balaban J connectivity index is 1.57. The van der Waals surface area contributed by atoms with Crippen molar-refractivity contribution < 1.29 is 19.5 Å². The molecule has 0 radical (unpaired) electrons. The molecule has 0 bridgehead atoms. The third kappa shape index (κ3) is 9.61. The van der Waals surface area contributed by atoms with Crippen molar-refractivity contribution in [3.05, 3.63) is 41.0 Å². The summed E-state index contributed by atoms with van der Waals surface area (Å²) in [5.41, 5.74) is 9.78. The number of rotatable bonds is 14. The van der Waals surface area contributed by atoms with Gasteiger partial charge in [-0.3, -0.25) is 14.4 Å². The molecule has 1 aliphatic rings. The topological polar surface area (TPSA) is 138 Å². The van der Waals surface area contributed by atoms with Gasteiger partial charge < -0.3 is 26.4 Å². The lowest BCUT2D eigenvalue weighted by atomic mass is 9.85. The normalized spacial score (nSPS) is 17.9. The monoisotopic (exact) mass is 585 g/mol. The molecule has 0 unspecified atom stereocenters. The van der Waals surface area contributed by atoms with E-state index in [4.69, 9.17) is 5.73 Å². The van der Waals surface area contributed by atoms with Crippen LogP contribution in [0.15, 0.2) is 29.8 Å². The number of benzene rings is 1. The standard InChI is InChI=1S/C31H47N5O4S/c1-21-27(41-20-34-21)23-14-12-22(13-15-23)18-33-29(39)25-17-24(37)19-36(25)30(40)28(31(2,3)4)35-26(38)11-9-7-5-6-8-10-16-32/h12-15,20,24-25,28,37H,5-11,16-19,32H2,1-4H3,(H,33,39)(H,35,38)/t24-,25+,28-/m1/s1. The van der Waals surface area contributed by atoms with Crippen LogP contribution in [0.4, 0.5) is 0 Å². The summed E-state index contributed by atoms with van der Waals surface area (Å²) in [6.45, 7) is 8.74. The number of aliphatic hydroxyl groups excluding tert-OH is 1. The molecule has 3 amide bonds. The van der Waals surface area contributed by atoms with Crippen LogP contribution in [0.3, 0.4) is 0 Å². The highest BCUT2D eigenvalue weighted by molar-refractivity contribution is 7.13. The van der Waals surface area contributed by atoms with E-state index >= 15 is 0 Å². The van der Waals surface area contributed by atoms with Gasteiger partial charge in [-0.1, -0.05) is 70.7 Å². The lowest BCUT2D eigenvalue weighted by molar-refractivity contribution is -0.144. The number of carbonyl (C=O) groups excluding carboxylic acids is 3.